The quantitative estimate of drug-likeness (QED) is 0.148. The number of benzene rings is 3. The molecule has 0 aliphatic carbocycles. The Morgan fingerprint density at radius 1 is 0.750 bits per heavy atom. The van der Waals surface area contributed by atoms with E-state index in [0.717, 1.165) is 149 Å². The van der Waals surface area contributed by atoms with E-state index in [2.05, 4.69) is 40.6 Å². The van der Waals surface area contributed by atoms with E-state index in [-0.39, 0.29) is 36.2 Å². The smallest absolute Gasteiger partial charge is 0.319 e. The number of anilines is 2. The Bertz CT molecular complexity index is 2670. The molecule has 2 atom stereocenters. The minimum atomic E-state index is -0.599. The van der Waals surface area contributed by atoms with Gasteiger partial charge in [-0.3, -0.25) is 24.6 Å². The van der Waals surface area contributed by atoms with Crippen LogP contribution >= 0.6 is 0 Å². The fourth-order valence-electron chi connectivity index (χ4n) is 11.9. The number of nitrogens with zero attached hydrogens (tertiary/aromatic N) is 9. The number of nitrogen functional groups attached to an aromatic ring is 1. The maximum Gasteiger partial charge on any atom is 0.319 e. The van der Waals surface area contributed by atoms with Crippen LogP contribution in [0.5, 0.6) is 11.5 Å². The van der Waals surface area contributed by atoms with Gasteiger partial charge >= 0.3 is 6.03 Å². The first kappa shape index (κ1) is 44.0. The maximum atomic E-state index is 13.9. The highest BCUT2D eigenvalue weighted by molar-refractivity contribution is 6.05. The van der Waals surface area contributed by atoms with E-state index in [9.17, 15) is 19.2 Å². The monoisotopic (exact) mass is 919 g/mol. The molecule has 16 nitrogen and oxygen atoms in total. The van der Waals surface area contributed by atoms with E-state index in [1.54, 1.807) is 4.90 Å². The zero-order valence-electron chi connectivity index (χ0n) is 38.7. The van der Waals surface area contributed by atoms with Crippen LogP contribution in [0.4, 0.5) is 16.3 Å². The van der Waals surface area contributed by atoms with Crippen molar-refractivity contribution in [1.29, 1.82) is 0 Å². The van der Waals surface area contributed by atoms with Gasteiger partial charge in [-0.2, -0.15) is 5.10 Å². The first-order valence-corrected chi connectivity index (χ1v) is 24.8. The predicted molar refractivity (Wildman–Crippen MR) is 258 cm³/mol. The Kier molecular flexibility index (Phi) is 12.2. The Hall–Kier alpha value is -6.55. The summed E-state index contributed by atoms with van der Waals surface area (Å²) in [7, 11) is 0. The van der Waals surface area contributed by atoms with Crippen LogP contribution in [-0.2, 0) is 16.1 Å². The van der Waals surface area contributed by atoms with Gasteiger partial charge in [0, 0.05) is 81.6 Å². The summed E-state index contributed by atoms with van der Waals surface area (Å²) in [5.41, 5.74) is 11.7. The van der Waals surface area contributed by atoms with Gasteiger partial charge in [-0.15, -0.1) is 0 Å². The van der Waals surface area contributed by atoms with Crippen LogP contribution in [0, 0.1) is 11.8 Å². The number of nitrogens with two attached hydrogens (primary N) is 1. The van der Waals surface area contributed by atoms with Crippen LogP contribution < -0.4 is 20.7 Å². The summed E-state index contributed by atoms with van der Waals surface area (Å²) in [6.07, 6.45) is 11.8. The van der Waals surface area contributed by atoms with Gasteiger partial charge in [-0.05, 0) is 143 Å². The van der Waals surface area contributed by atoms with Gasteiger partial charge in [-0.1, -0.05) is 18.2 Å². The van der Waals surface area contributed by atoms with Crippen LogP contribution in [0.3, 0.4) is 0 Å². The molecular formula is C52H61N11O5. The van der Waals surface area contributed by atoms with Crippen LogP contribution in [0.15, 0.2) is 79.1 Å². The second-order valence-corrected chi connectivity index (χ2v) is 19.8. The molecule has 0 radical (unpaired) electrons. The van der Waals surface area contributed by atoms with Gasteiger partial charge in [0.1, 0.15) is 35.4 Å². The van der Waals surface area contributed by atoms with Crippen molar-refractivity contribution < 1.29 is 23.9 Å². The summed E-state index contributed by atoms with van der Waals surface area (Å²) in [5.74, 6) is 2.47. The summed E-state index contributed by atoms with van der Waals surface area (Å²) >= 11 is 0. The number of rotatable bonds is 9. The Morgan fingerprint density at radius 2 is 1.46 bits per heavy atom. The normalized spacial score (nSPS) is 22.5. The third-order valence-electron chi connectivity index (χ3n) is 15.7. The number of hydrogen-bond donors (Lipinski definition) is 2. The lowest BCUT2D eigenvalue weighted by atomic mass is 9.82. The molecule has 0 saturated carbocycles. The zero-order valence-corrected chi connectivity index (χ0v) is 38.7. The lowest BCUT2D eigenvalue weighted by Crippen LogP contribution is -2.53. The SMILES string of the molecule is Nc1ncnc2c1c(-c1ccc(Oc3ccccc3)cc1)nn2C1CCCN(C2CCN(C(=O)N3CCC(CC4CCN(c5ccc6c(c5)CN(C5CCC(=O)NC5=O)C6=O)CC4)CC3)CC2)C1. The number of para-hydroxylation sites is 1. The Labute approximate surface area is 396 Å². The number of piperidine rings is 5. The molecule has 5 fully saturated rings. The average Bonchev–Trinajstić information content (AvgIpc) is 3.93. The van der Waals surface area contributed by atoms with Crippen molar-refractivity contribution in [2.24, 2.45) is 11.8 Å². The minimum Gasteiger partial charge on any atom is -0.457 e. The third kappa shape index (κ3) is 8.85. The lowest BCUT2D eigenvalue weighted by Gasteiger charge is -2.44. The van der Waals surface area contributed by atoms with Gasteiger partial charge in [0.2, 0.25) is 11.8 Å². The van der Waals surface area contributed by atoms with Crippen molar-refractivity contribution in [1.82, 2.24) is 44.7 Å². The van der Waals surface area contributed by atoms with E-state index in [0.29, 0.717) is 42.2 Å². The molecule has 3 aromatic carbocycles. The number of carbonyl (C=O) groups is 4. The fraction of sp³-hybridized carbons (Fsp3) is 0.481. The summed E-state index contributed by atoms with van der Waals surface area (Å²) in [6, 6.07) is 23.9. The molecule has 5 aromatic rings. The highest BCUT2D eigenvalue weighted by Gasteiger charge is 2.40. The van der Waals surface area contributed by atoms with E-state index >= 15 is 0 Å². The molecule has 8 heterocycles. The van der Waals surface area contributed by atoms with Crippen molar-refractivity contribution in [2.75, 3.05) is 63.0 Å². The van der Waals surface area contributed by atoms with Crippen molar-refractivity contribution >= 4 is 46.3 Å². The van der Waals surface area contributed by atoms with Crippen LogP contribution in [0.2, 0.25) is 0 Å². The number of nitrogens with one attached hydrogen (secondary N) is 1. The van der Waals surface area contributed by atoms with E-state index in [1.165, 1.54) is 12.7 Å². The molecule has 11 rings (SSSR count). The van der Waals surface area contributed by atoms with Crippen molar-refractivity contribution in [2.45, 2.75) is 95.3 Å². The fourth-order valence-corrected chi connectivity index (χ4v) is 11.9. The molecule has 3 N–H and O–H groups in total. The first-order chi connectivity index (χ1) is 33.2. The Balaban J connectivity index is 0.636. The number of ether oxygens (including phenoxy) is 1. The minimum absolute atomic E-state index is 0.131. The van der Waals surface area contributed by atoms with Gasteiger partial charge in [-0.25, -0.2) is 19.4 Å². The second-order valence-electron chi connectivity index (χ2n) is 19.8. The van der Waals surface area contributed by atoms with Gasteiger partial charge < -0.3 is 30.1 Å². The molecule has 6 aliphatic rings. The van der Waals surface area contributed by atoms with Crippen molar-refractivity contribution in [3.63, 3.8) is 0 Å². The van der Waals surface area contributed by atoms with E-state index in [1.807, 2.05) is 66.7 Å². The number of fused-ring (bicyclic) bond motifs is 2. The standard InChI is InChI=1S/C52H61N11O5/c53-48-46-47(36-8-11-42(12-9-36)68-41-6-2-1-3-7-41)57-63(49(46)55-33-54-48)40-5-4-22-61(32-40)38-20-27-60(28-21-38)52(67)59-25-18-35(19-26-59)29-34-16-23-58(24-17-34)39-10-13-43-37(30-39)31-62(51(43)66)44-14-15-45(64)56-50(44)65/h1-3,6-13,30,33-35,38,40,44H,4-5,14-29,31-32H2,(H2,53,54,55)(H,56,64,65). The van der Waals surface area contributed by atoms with Crippen LogP contribution in [0.25, 0.3) is 22.3 Å². The molecule has 2 unspecified atom stereocenters. The summed E-state index contributed by atoms with van der Waals surface area (Å²) < 4.78 is 8.12. The summed E-state index contributed by atoms with van der Waals surface area (Å²) in [4.78, 5) is 71.2. The number of urea groups is 1. The number of imide groups is 1. The number of likely N-dealkylation sites (tertiary alicyclic amines) is 3. The number of hydrogen-bond acceptors (Lipinski definition) is 11. The highest BCUT2D eigenvalue weighted by atomic mass is 16.5. The number of aromatic nitrogens is 4. The van der Waals surface area contributed by atoms with Gasteiger partial charge in [0.25, 0.3) is 5.91 Å². The zero-order chi connectivity index (χ0) is 46.3. The van der Waals surface area contributed by atoms with Crippen molar-refractivity contribution in [3.8, 4) is 22.8 Å². The highest BCUT2D eigenvalue weighted by Crippen LogP contribution is 2.38. The molecule has 0 spiro atoms. The third-order valence-corrected chi connectivity index (χ3v) is 15.7. The molecule has 5 amide bonds. The van der Waals surface area contributed by atoms with Crippen LogP contribution in [0.1, 0.15) is 92.6 Å². The lowest BCUT2D eigenvalue weighted by molar-refractivity contribution is -0.136. The predicted octanol–water partition coefficient (Wildman–Crippen LogP) is 6.87. The first-order valence-electron chi connectivity index (χ1n) is 24.8. The maximum absolute atomic E-state index is 13.9. The second kappa shape index (κ2) is 18.9. The number of carbonyl (C=O) groups excluding carboxylic acids is 4. The van der Waals surface area contributed by atoms with E-state index < -0.39 is 6.04 Å². The average molecular weight is 920 g/mol. The topological polar surface area (TPSA) is 175 Å². The molecule has 16 heteroatoms. The Morgan fingerprint density at radius 3 is 2.19 bits per heavy atom. The molecule has 0 bridgehead atoms. The summed E-state index contributed by atoms with van der Waals surface area (Å²) in [6.45, 7) is 7.50. The molecule has 354 valence electrons. The molecular weight excluding hydrogens is 859 g/mol. The summed E-state index contributed by atoms with van der Waals surface area (Å²) in [5, 5.41) is 8.35. The van der Waals surface area contributed by atoms with E-state index in [4.69, 9.17) is 20.6 Å². The van der Waals surface area contributed by atoms with Crippen molar-refractivity contribution in [3.05, 3.63) is 90.3 Å². The number of amides is 5. The largest absolute Gasteiger partial charge is 0.457 e. The van der Waals surface area contributed by atoms with Crippen LogP contribution in [-0.4, -0.2) is 128 Å². The molecule has 5 saturated heterocycles. The molecule has 68 heavy (non-hydrogen) atoms. The molecule has 6 aliphatic heterocycles. The van der Waals surface area contributed by atoms with Gasteiger partial charge in [0.15, 0.2) is 5.65 Å². The molecule has 2 aromatic heterocycles. The van der Waals surface area contributed by atoms with Gasteiger partial charge in [0.05, 0.1) is 11.4 Å².